The lowest BCUT2D eigenvalue weighted by atomic mass is 10.2. The van der Waals surface area contributed by atoms with Gasteiger partial charge in [0.25, 0.3) is 0 Å². The lowest BCUT2D eigenvalue weighted by molar-refractivity contribution is 0.0462. The molecule has 0 atom stereocenters. The van der Waals surface area contributed by atoms with E-state index >= 15 is 0 Å². The van der Waals surface area contributed by atoms with Gasteiger partial charge >= 0.3 is 5.97 Å². The number of hydrogen-bond donors (Lipinski definition) is 2. The molecule has 0 amide bonds. The summed E-state index contributed by atoms with van der Waals surface area (Å²) in [6.07, 6.45) is 0. The number of esters is 1. The van der Waals surface area contributed by atoms with Crippen molar-refractivity contribution < 1.29 is 9.53 Å². The second-order valence-corrected chi connectivity index (χ2v) is 4.56. The third kappa shape index (κ3) is 3.09. The summed E-state index contributed by atoms with van der Waals surface area (Å²) >= 11 is 0. The largest absolute Gasteiger partial charge is 0.456 e. The Morgan fingerprint density at radius 1 is 1.25 bits per heavy atom. The molecule has 6 nitrogen and oxygen atoms in total. The average molecular weight is 274 g/mol. The minimum atomic E-state index is -0.453. The predicted molar refractivity (Wildman–Crippen MR) is 77.0 cm³/mol. The van der Waals surface area contributed by atoms with E-state index in [2.05, 4.69) is 5.10 Å². The molecule has 1 aromatic heterocycles. The molecule has 0 aliphatic heterocycles. The standard InChI is InChI=1S/C14H18N4O2/c1-3-18-13(4-9(2)17-18)8-20-14(19)10-5-11(15)7-12(16)6-10/h4-7H,3,8,15-16H2,1-2H3. The fraction of sp³-hybridized carbons (Fsp3) is 0.286. The van der Waals surface area contributed by atoms with E-state index in [-0.39, 0.29) is 6.61 Å². The Hall–Kier alpha value is -2.50. The van der Waals surface area contributed by atoms with Gasteiger partial charge in [-0.15, -0.1) is 0 Å². The SMILES string of the molecule is CCn1nc(C)cc1COC(=O)c1cc(N)cc(N)c1. The number of nitrogen functional groups attached to an aromatic ring is 2. The van der Waals surface area contributed by atoms with E-state index < -0.39 is 5.97 Å². The Balaban J connectivity index is 2.08. The van der Waals surface area contributed by atoms with Gasteiger partial charge < -0.3 is 16.2 Å². The van der Waals surface area contributed by atoms with Crippen molar-refractivity contribution in [2.24, 2.45) is 0 Å². The van der Waals surface area contributed by atoms with Crippen LogP contribution in [0.25, 0.3) is 0 Å². The maximum absolute atomic E-state index is 12.0. The molecule has 0 spiro atoms. The first-order valence-corrected chi connectivity index (χ1v) is 6.36. The zero-order valence-electron chi connectivity index (χ0n) is 11.6. The van der Waals surface area contributed by atoms with E-state index in [1.54, 1.807) is 22.9 Å². The highest BCUT2D eigenvalue weighted by atomic mass is 16.5. The van der Waals surface area contributed by atoms with Gasteiger partial charge in [-0.2, -0.15) is 5.10 Å². The molecule has 1 heterocycles. The first-order valence-electron chi connectivity index (χ1n) is 6.36. The van der Waals surface area contributed by atoms with E-state index in [1.807, 2.05) is 19.9 Å². The molecule has 0 saturated carbocycles. The van der Waals surface area contributed by atoms with Crippen LogP contribution < -0.4 is 11.5 Å². The highest BCUT2D eigenvalue weighted by Gasteiger charge is 2.11. The number of nitrogens with zero attached hydrogens (tertiary/aromatic N) is 2. The quantitative estimate of drug-likeness (QED) is 0.654. The number of rotatable bonds is 4. The van der Waals surface area contributed by atoms with E-state index in [1.165, 1.54) is 0 Å². The zero-order valence-corrected chi connectivity index (χ0v) is 11.6. The molecule has 0 bridgehead atoms. The molecule has 6 heteroatoms. The number of anilines is 2. The fourth-order valence-electron chi connectivity index (χ4n) is 2.01. The molecule has 0 unspecified atom stereocenters. The zero-order chi connectivity index (χ0) is 14.7. The fourth-order valence-corrected chi connectivity index (χ4v) is 2.01. The Labute approximate surface area is 117 Å². The van der Waals surface area contributed by atoms with Crippen LogP contribution in [-0.2, 0) is 17.9 Å². The van der Waals surface area contributed by atoms with Crippen molar-refractivity contribution in [2.75, 3.05) is 11.5 Å². The minimum Gasteiger partial charge on any atom is -0.456 e. The summed E-state index contributed by atoms with van der Waals surface area (Å²) < 4.78 is 7.07. The topological polar surface area (TPSA) is 96.2 Å². The summed E-state index contributed by atoms with van der Waals surface area (Å²) in [5.41, 5.74) is 14.3. The highest BCUT2D eigenvalue weighted by Crippen LogP contribution is 2.15. The van der Waals surface area contributed by atoms with Gasteiger partial charge in [0, 0.05) is 17.9 Å². The van der Waals surface area contributed by atoms with Crippen LogP contribution in [0.4, 0.5) is 11.4 Å². The van der Waals surface area contributed by atoms with Crippen molar-refractivity contribution in [1.82, 2.24) is 9.78 Å². The van der Waals surface area contributed by atoms with E-state index in [4.69, 9.17) is 16.2 Å². The van der Waals surface area contributed by atoms with Gasteiger partial charge in [-0.3, -0.25) is 4.68 Å². The molecular formula is C14H18N4O2. The van der Waals surface area contributed by atoms with E-state index in [9.17, 15) is 4.79 Å². The van der Waals surface area contributed by atoms with Crippen LogP contribution in [0.5, 0.6) is 0 Å². The molecule has 2 aromatic rings. The molecule has 0 saturated heterocycles. The average Bonchev–Trinajstić information content (AvgIpc) is 2.75. The van der Waals surface area contributed by atoms with Crippen molar-refractivity contribution in [3.63, 3.8) is 0 Å². The van der Waals surface area contributed by atoms with Crippen LogP contribution in [0.1, 0.15) is 28.7 Å². The molecular weight excluding hydrogens is 256 g/mol. The Morgan fingerprint density at radius 3 is 2.50 bits per heavy atom. The third-order valence-corrected chi connectivity index (χ3v) is 2.85. The molecule has 2 rings (SSSR count). The predicted octanol–water partition coefficient (Wildman–Crippen LogP) is 1.73. The molecule has 0 aliphatic rings. The number of carbonyl (C=O) groups is 1. The summed E-state index contributed by atoms with van der Waals surface area (Å²) in [6, 6.07) is 6.57. The van der Waals surface area contributed by atoms with Gasteiger partial charge in [0.1, 0.15) is 6.61 Å². The number of benzene rings is 1. The third-order valence-electron chi connectivity index (χ3n) is 2.85. The van der Waals surface area contributed by atoms with Crippen LogP contribution in [-0.4, -0.2) is 15.7 Å². The maximum atomic E-state index is 12.0. The van der Waals surface area contributed by atoms with Crippen LogP contribution >= 0.6 is 0 Å². The summed E-state index contributed by atoms with van der Waals surface area (Å²) in [6.45, 7) is 4.78. The highest BCUT2D eigenvalue weighted by molar-refractivity contribution is 5.91. The van der Waals surface area contributed by atoms with Crippen molar-refractivity contribution in [1.29, 1.82) is 0 Å². The van der Waals surface area contributed by atoms with Gasteiger partial charge in [-0.1, -0.05) is 0 Å². The number of aromatic nitrogens is 2. The second-order valence-electron chi connectivity index (χ2n) is 4.56. The van der Waals surface area contributed by atoms with Gasteiger partial charge in [-0.25, -0.2) is 4.79 Å². The molecule has 0 fully saturated rings. The van der Waals surface area contributed by atoms with Crippen molar-refractivity contribution in [3.05, 3.63) is 41.2 Å². The van der Waals surface area contributed by atoms with Crippen LogP contribution in [0.15, 0.2) is 24.3 Å². The van der Waals surface area contributed by atoms with E-state index in [0.29, 0.717) is 16.9 Å². The van der Waals surface area contributed by atoms with Crippen molar-refractivity contribution >= 4 is 17.3 Å². The van der Waals surface area contributed by atoms with Crippen LogP contribution in [0.3, 0.4) is 0 Å². The van der Waals surface area contributed by atoms with Crippen molar-refractivity contribution in [3.8, 4) is 0 Å². The first kappa shape index (κ1) is 13.9. The molecule has 4 N–H and O–H groups in total. The van der Waals surface area contributed by atoms with E-state index in [0.717, 1.165) is 17.9 Å². The van der Waals surface area contributed by atoms with Gasteiger partial charge in [0.05, 0.1) is 17.0 Å². The lowest BCUT2D eigenvalue weighted by Gasteiger charge is -2.07. The van der Waals surface area contributed by atoms with Crippen LogP contribution in [0, 0.1) is 6.92 Å². The van der Waals surface area contributed by atoms with Gasteiger partial charge in [-0.05, 0) is 38.1 Å². The van der Waals surface area contributed by atoms with Crippen LogP contribution in [0.2, 0.25) is 0 Å². The number of hydrogen-bond acceptors (Lipinski definition) is 5. The maximum Gasteiger partial charge on any atom is 0.338 e. The molecule has 1 aromatic carbocycles. The Bertz CT molecular complexity index is 614. The molecule has 20 heavy (non-hydrogen) atoms. The summed E-state index contributed by atoms with van der Waals surface area (Å²) in [7, 11) is 0. The van der Waals surface area contributed by atoms with Crippen molar-refractivity contribution in [2.45, 2.75) is 27.0 Å². The van der Waals surface area contributed by atoms with Gasteiger partial charge in [0.15, 0.2) is 0 Å². The number of carbonyl (C=O) groups excluding carboxylic acids is 1. The molecule has 106 valence electrons. The summed E-state index contributed by atoms with van der Waals surface area (Å²) in [5.74, 6) is -0.453. The normalized spacial score (nSPS) is 10.5. The number of nitrogens with two attached hydrogens (primary N) is 2. The van der Waals surface area contributed by atoms with Gasteiger partial charge in [0.2, 0.25) is 0 Å². The first-order chi connectivity index (χ1) is 9.49. The smallest absolute Gasteiger partial charge is 0.338 e. The Kier molecular flexibility index (Phi) is 3.93. The monoisotopic (exact) mass is 274 g/mol. The lowest BCUT2D eigenvalue weighted by Crippen LogP contribution is -2.10. The molecule has 0 aliphatic carbocycles. The number of ether oxygens (including phenoxy) is 1. The second kappa shape index (κ2) is 5.64. The minimum absolute atomic E-state index is 0.169. The molecule has 0 radical (unpaired) electrons. The summed E-state index contributed by atoms with van der Waals surface area (Å²) in [4.78, 5) is 12.0. The number of aryl methyl sites for hydroxylation is 2. The summed E-state index contributed by atoms with van der Waals surface area (Å²) in [5, 5.41) is 4.29. The Morgan fingerprint density at radius 2 is 1.90 bits per heavy atom.